The molecule has 152 valence electrons. The first kappa shape index (κ1) is 20.1. The van der Waals surface area contributed by atoms with Gasteiger partial charge in [-0.05, 0) is 24.1 Å². The number of piperazine rings is 1. The molecule has 1 aromatic heterocycles. The Labute approximate surface area is 177 Å². The molecule has 2 aromatic carbocycles. The summed E-state index contributed by atoms with van der Waals surface area (Å²) in [7, 11) is 0. The van der Waals surface area contributed by atoms with Crippen LogP contribution in [0.2, 0.25) is 5.02 Å². The monoisotopic (exact) mass is 410 g/mol. The van der Waals surface area contributed by atoms with E-state index in [0.29, 0.717) is 11.1 Å². The highest BCUT2D eigenvalue weighted by Gasteiger charge is 2.26. The molecule has 0 saturated carbocycles. The van der Waals surface area contributed by atoms with E-state index in [-0.39, 0.29) is 6.61 Å². The van der Waals surface area contributed by atoms with Crippen LogP contribution in [-0.4, -0.2) is 57.0 Å². The molecule has 3 aromatic rings. The first-order valence-corrected chi connectivity index (χ1v) is 10.5. The predicted molar refractivity (Wildman–Crippen MR) is 116 cm³/mol. The summed E-state index contributed by atoms with van der Waals surface area (Å²) in [5.74, 6) is 0. The number of para-hydroxylation sites is 1. The first-order valence-electron chi connectivity index (χ1n) is 10.1. The second kappa shape index (κ2) is 9.55. The Morgan fingerprint density at radius 1 is 0.966 bits per heavy atom. The van der Waals surface area contributed by atoms with E-state index in [1.165, 1.54) is 11.1 Å². The van der Waals surface area contributed by atoms with Gasteiger partial charge in [-0.25, -0.2) is 4.68 Å². The molecule has 1 aliphatic rings. The lowest BCUT2D eigenvalue weighted by Gasteiger charge is -2.41. The van der Waals surface area contributed by atoms with Gasteiger partial charge in [0.05, 0.1) is 16.9 Å². The number of rotatable bonds is 7. The summed E-state index contributed by atoms with van der Waals surface area (Å²) in [6, 6.07) is 18.7. The van der Waals surface area contributed by atoms with Crippen LogP contribution in [0.5, 0.6) is 0 Å². The third-order valence-electron chi connectivity index (χ3n) is 5.52. The Morgan fingerprint density at radius 2 is 1.76 bits per heavy atom. The molecular weight excluding hydrogens is 384 g/mol. The Kier molecular flexibility index (Phi) is 6.62. The second-order valence-electron chi connectivity index (χ2n) is 7.60. The Bertz CT molecular complexity index is 914. The number of hydrogen-bond acceptors (Lipinski definition) is 4. The molecule has 0 spiro atoms. The lowest BCUT2D eigenvalue weighted by Crippen LogP contribution is -2.52. The van der Waals surface area contributed by atoms with Crippen molar-refractivity contribution in [3.05, 3.63) is 83.1 Å². The van der Waals surface area contributed by atoms with Crippen LogP contribution in [-0.2, 0) is 13.1 Å². The number of aliphatic hydroxyl groups is 1. The molecule has 1 fully saturated rings. The van der Waals surface area contributed by atoms with Crippen LogP contribution in [0.1, 0.15) is 17.5 Å². The zero-order valence-electron chi connectivity index (χ0n) is 16.5. The van der Waals surface area contributed by atoms with Crippen LogP contribution in [0.15, 0.2) is 67.0 Å². The molecule has 0 aliphatic carbocycles. The number of nitrogens with zero attached hydrogens (tertiary/aromatic N) is 4. The van der Waals surface area contributed by atoms with E-state index in [4.69, 9.17) is 11.6 Å². The van der Waals surface area contributed by atoms with Crippen molar-refractivity contribution in [1.29, 1.82) is 0 Å². The van der Waals surface area contributed by atoms with Crippen molar-refractivity contribution in [3.63, 3.8) is 0 Å². The highest BCUT2D eigenvalue weighted by Crippen LogP contribution is 2.21. The largest absolute Gasteiger partial charge is 0.396 e. The Balaban J connectivity index is 1.40. The molecule has 1 saturated heterocycles. The molecule has 6 heteroatoms. The minimum absolute atomic E-state index is 0.217. The summed E-state index contributed by atoms with van der Waals surface area (Å²) in [4.78, 5) is 4.95. The van der Waals surface area contributed by atoms with Gasteiger partial charge in [0.15, 0.2) is 0 Å². The summed E-state index contributed by atoms with van der Waals surface area (Å²) in [5, 5.41) is 14.8. The minimum Gasteiger partial charge on any atom is -0.396 e. The van der Waals surface area contributed by atoms with E-state index in [1.807, 2.05) is 35.1 Å². The highest BCUT2D eigenvalue weighted by atomic mass is 35.5. The van der Waals surface area contributed by atoms with Crippen molar-refractivity contribution in [3.8, 4) is 5.69 Å². The van der Waals surface area contributed by atoms with E-state index in [2.05, 4.69) is 51.4 Å². The molecule has 1 atom stereocenters. The summed E-state index contributed by atoms with van der Waals surface area (Å²) in [6.07, 6.45) is 4.77. The van der Waals surface area contributed by atoms with Crippen LogP contribution in [0.3, 0.4) is 0 Å². The third kappa shape index (κ3) is 5.06. The molecule has 0 bridgehead atoms. The smallest absolute Gasteiger partial charge is 0.0831 e. The maximum atomic E-state index is 9.56. The normalized spacial score (nSPS) is 18.2. The number of aromatic nitrogens is 2. The van der Waals surface area contributed by atoms with E-state index in [0.717, 1.165) is 44.8 Å². The predicted octanol–water partition coefficient (Wildman–Crippen LogP) is 3.59. The van der Waals surface area contributed by atoms with Crippen LogP contribution in [0.4, 0.5) is 0 Å². The first-order chi connectivity index (χ1) is 14.2. The summed E-state index contributed by atoms with van der Waals surface area (Å²) >= 11 is 6.30. The van der Waals surface area contributed by atoms with E-state index in [9.17, 15) is 5.11 Å². The van der Waals surface area contributed by atoms with E-state index < -0.39 is 0 Å². The van der Waals surface area contributed by atoms with Crippen LogP contribution >= 0.6 is 11.6 Å². The van der Waals surface area contributed by atoms with Crippen LogP contribution in [0, 0.1) is 0 Å². The van der Waals surface area contributed by atoms with Gasteiger partial charge in [-0.1, -0.05) is 54.1 Å². The van der Waals surface area contributed by atoms with Gasteiger partial charge in [-0.15, -0.1) is 0 Å². The van der Waals surface area contributed by atoms with Gasteiger partial charge in [0, 0.05) is 57.1 Å². The maximum Gasteiger partial charge on any atom is 0.0831 e. The number of hydrogen-bond donors (Lipinski definition) is 1. The quantitative estimate of drug-likeness (QED) is 0.646. The molecule has 5 nitrogen and oxygen atoms in total. The zero-order chi connectivity index (χ0) is 20.1. The molecule has 4 rings (SSSR count). The summed E-state index contributed by atoms with van der Waals surface area (Å²) in [6.45, 7) is 4.96. The van der Waals surface area contributed by atoms with Gasteiger partial charge >= 0.3 is 0 Å². The van der Waals surface area contributed by atoms with Gasteiger partial charge < -0.3 is 5.11 Å². The van der Waals surface area contributed by atoms with Crippen molar-refractivity contribution in [2.45, 2.75) is 25.6 Å². The summed E-state index contributed by atoms with van der Waals surface area (Å²) in [5.41, 5.74) is 3.39. The lowest BCUT2D eigenvalue weighted by atomic mass is 10.1. The molecule has 1 unspecified atom stereocenters. The fourth-order valence-electron chi connectivity index (χ4n) is 4.02. The van der Waals surface area contributed by atoms with Gasteiger partial charge in [0.1, 0.15) is 0 Å². The van der Waals surface area contributed by atoms with Crippen molar-refractivity contribution in [2.24, 2.45) is 0 Å². The topological polar surface area (TPSA) is 44.5 Å². The molecule has 1 aliphatic heterocycles. The van der Waals surface area contributed by atoms with Gasteiger partial charge in [-0.2, -0.15) is 5.10 Å². The van der Waals surface area contributed by atoms with Crippen molar-refractivity contribution >= 4 is 11.6 Å². The lowest BCUT2D eigenvalue weighted by molar-refractivity contribution is 0.0500. The average Bonchev–Trinajstić information content (AvgIpc) is 3.19. The van der Waals surface area contributed by atoms with E-state index >= 15 is 0 Å². The van der Waals surface area contributed by atoms with Crippen LogP contribution < -0.4 is 0 Å². The number of aliphatic hydroxyl groups excluding tert-OH is 1. The molecule has 1 N–H and O–H groups in total. The Hall–Kier alpha value is -2.18. The highest BCUT2D eigenvalue weighted by molar-refractivity contribution is 6.32. The maximum absolute atomic E-state index is 9.56. The molecule has 29 heavy (non-hydrogen) atoms. The molecule has 0 amide bonds. The second-order valence-corrected chi connectivity index (χ2v) is 8.01. The third-order valence-corrected chi connectivity index (χ3v) is 5.84. The van der Waals surface area contributed by atoms with Crippen molar-refractivity contribution in [2.75, 3.05) is 26.2 Å². The fraction of sp³-hybridized carbons (Fsp3) is 0.348. The van der Waals surface area contributed by atoms with Crippen molar-refractivity contribution < 1.29 is 5.11 Å². The van der Waals surface area contributed by atoms with Gasteiger partial charge in [0.25, 0.3) is 0 Å². The van der Waals surface area contributed by atoms with Gasteiger partial charge in [0.2, 0.25) is 0 Å². The standard InChI is InChI=1S/C23H27ClN4O/c24-22-8-4-5-9-23(22)28-17-20(14-25-28)15-26-11-12-27(21(18-26)10-13-29)16-19-6-2-1-3-7-19/h1-9,14,17,21,29H,10-13,15-16,18H2. The molecule has 2 heterocycles. The van der Waals surface area contributed by atoms with Gasteiger partial charge in [-0.3, -0.25) is 9.80 Å². The Morgan fingerprint density at radius 3 is 2.55 bits per heavy atom. The van der Waals surface area contributed by atoms with Crippen LogP contribution in [0.25, 0.3) is 5.69 Å². The average molecular weight is 411 g/mol. The summed E-state index contributed by atoms with van der Waals surface area (Å²) < 4.78 is 1.84. The van der Waals surface area contributed by atoms with E-state index in [1.54, 1.807) is 0 Å². The number of benzene rings is 2. The SMILES string of the molecule is OCCC1CN(Cc2cnn(-c3ccccc3Cl)c2)CCN1Cc1ccccc1. The zero-order valence-corrected chi connectivity index (χ0v) is 17.2. The number of halogens is 1. The van der Waals surface area contributed by atoms with Crippen molar-refractivity contribution in [1.82, 2.24) is 19.6 Å². The molecular formula is C23H27ClN4O. The molecule has 0 radical (unpaired) electrons. The fourth-order valence-corrected chi connectivity index (χ4v) is 4.24. The minimum atomic E-state index is 0.217.